The van der Waals surface area contributed by atoms with E-state index in [4.69, 9.17) is 14.2 Å². The fourth-order valence-corrected chi connectivity index (χ4v) is 3.74. The predicted molar refractivity (Wildman–Crippen MR) is 135 cm³/mol. The topological polar surface area (TPSA) is 111 Å². The number of nitrogens with one attached hydrogen (secondary N) is 1. The van der Waals surface area contributed by atoms with Crippen LogP contribution in [0.2, 0.25) is 0 Å². The molecule has 3 aromatic rings. The van der Waals surface area contributed by atoms with Crippen LogP contribution in [0.15, 0.2) is 72.8 Å². The van der Waals surface area contributed by atoms with Crippen LogP contribution < -0.4 is 10.1 Å². The van der Waals surface area contributed by atoms with E-state index in [9.17, 15) is 19.2 Å². The third-order valence-corrected chi connectivity index (χ3v) is 5.69. The number of fused-ring (bicyclic) bond motifs is 1. The quantitative estimate of drug-likeness (QED) is 0.250. The fourth-order valence-electron chi connectivity index (χ4n) is 3.74. The minimum Gasteiger partial charge on any atom is -0.457 e. The number of nitrogens with zero attached hydrogens (tertiary/aromatic N) is 1. The van der Waals surface area contributed by atoms with Crippen LogP contribution in [0.3, 0.4) is 0 Å². The number of imide groups is 1. The minimum atomic E-state index is -1.11. The molecule has 3 amide bonds. The zero-order valence-corrected chi connectivity index (χ0v) is 20.4. The van der Waals surface area contributed by atoms with Crippen molar-refractivity contribution in [3.63, 3.8) is 0 Å². The Morgan fingerprint density at radius 3 is 2.27 bits per heavy atom. The Balaban J connectivity index is 1.34. The summed E-state index contributed by atoms with van der Waals surface area (Å²) in [6.45, 7) is 2.08. The van der Waals surface area contributed by atoms with Gasteiger partial charge in [-0.1, -0.05) is 18.2 Å². The van der Waals surface area contributed by atoms with E-state index in [0.29, 0.717) is 30.2 Å². The summed E-state index contributed by atoms with van der Waals surface area (Å²) in [7, 11) is 1.54. The lowest BCUT2D eigenvalue weighted by molar-refractivity contribution is -0.123. The highest BCUT2D eigenvalue weighted by molar-refractivity contribution is 6.22. The van der Waals surface area contributed by atoms with Gasteiger partial charge in [-0.05, 0) is 67.9 Å². The molecule has 1 aliphatic rings. The highest BCUT2D eigenvalue weighted by atomic mass is 16.5. The lowest BCUT2D eigenvalue weighted by atomic mass is 10.1. The second-order valence-corrected chi connectivity index (χ2v) is 8.34. The summed E-state index contributed by atoms with van der Waals surface area (Å²) >= 11 is 0. The van der Waals surface area contributed by atoms with E-state index in [0.717, 1.165) is 4.90 Å². The van der Waals surface area contributed by atoms with E-state index in [-0.39, 0.29) is 23.2 Å². The van der Waals surface area contributed by atoms with Crippen LogP contribution in [0.25, 0.3) is 0 Å². The van der Waals surface area contributed by atoms with Crippen molar-refractivity contribution in [3.8, 4) is 11.5 Å². The van der Waals surface area contributed by atoms with Crippen LogP contribution in [-0.4, -0.2) is 55.0 Å². The highest BCUT2D eigenvalue weighted by Gasteiger charge is 2.36. The number of carbonyl (C=O) groups is 4. The van der Waals surface area contributed by atoms with E-state index < -0.39 is 29.8 Å². The first-order chi connectivity index (χ1) is 17.9. The van der Waals surface area contributed by atoms with Gasteiger partial charge in [0, 0.05) is 25.9 Å². The van der Waals surface area contributed by atoms with E-state index in [1.54, 1.807) is 31.4 Å². The number of rotatable bonds is 10. The Morgan fingerprint density at radius 1 is 0.892 bits per heavy atom. The van der Waals surface area contributed by atoms with Crippen LogP contribution >= 0.6 is 0 Å². The van der Waals surface area contributed by atoms with Crippen LogP contribution in [0.5, 0.6) is 11.5 Å². The number of benzene rings is 3. The van der Waals surface area contributed by atoms with Gasteiger partial charge in [0.25, 0.3) is 17.7 Å². The van der Waals surface area contributed by atoms with Crippen molar-refractivity contribution in [3.05, 3.63) is 89.5 Å². The summed E-state index contributed by atoms with van der Waals surface area (Å²) < 4.78 is 16.0. The third kappa shape index (κ3) is 6.02. The molecule has 0 aliphatic carbocycles. The normalized spacial score (nSPS) is 13.2. The third-order valence-electron chi connectivity index (χ3n) is 5.69. The summed E-state index contributed by atoms with van der Waals surface area (Å²) in [5.41, 5.74) is 0.931. The largest absolute Gasteiger partial charge is 0.457 e. The molecular weight excluding hydrogens is 476 g/mol. The molecule has 37 heavy (non-hydrogen) atoms. The summed E-state index contributed by atoms with van der Waals surface area (Å²) in [4.78, 5) is 51.6. The Morgan fingerprint density at radius 2 is 1.57 bits per heavy atom. The summed E-state index contributed by atoms with van der Waals surface area (Å²) in [5, 5.41) is 2.69. The number of hydrogen-bond donors (Lipinski definition) is 1. The number of carbonyl (C=O) groups excluding carboxylic acids is 4. The molecule has 0 aromatic heterocycles. The van der Waals surface area contributed by atoms with Crippen molar-refractivity contribution in [2.24, 2.45) is 0 Å². The Kier molecular flexibility index (Phi) is 7.95. The maximum Gasteiger partial charge on any atom is 0.338 e. The summed E-state index contributed by atoms with van der Waals surface area (Å²) in [5.74, 6) is -0.904. The molecule has 9 nitrogen and oxygen atoms in total. The van der Waals surface area contributed by atoms with Crippen LogP contribution in [0, 0.1) is 0 Å². The Bertz CT molecular complexity index is 1310. The molecular formula is C28H26N2O7. The van der Waals surface area contributed by atoms with E-state index in [2.05, 4.69) is 5.32 Å². The molecule has 0 saturated carbocycles. The van der Waals surface area contributed by atoms with Crippen molar-refractivity contribution < 1.29 is 33.4 Å². The highest BCUT2D eigenvalue weighted by Crippen LogP contribution is 2.25. The van der Waals surface area contributed by atoms with E-state index in [1.165, 1.54) is 25.1 Å². The maximum absolute atomic E-state index is 12.7. The zero-order valence-electron chi connectivity index (χ0n) is 20.4. The number of anilines is 1. The zero-order chi connectivity index (χ0) is 26.4. The fraction of sp³-hybridized carbons (Fsp3) is 0.214. The van der Waals surface area contributed by atoms with Gasteiger partial charge in [-0.25, -0.2) is 4.79 Å². The monoisotopic (exact) mass is 502 g/mol. The van der Waals surface area contributed by atoms with Crippen LogP contribution in [0.1, 0.15) is 44.4 Å². The van der Waals surface area contributed by atoms with Gasteiger partial charge < -0.3 is 19.5 Å². The lowest BCUT2D eigenvalue weighted by Crippen LogP contribution is -2.31. The van der Waals surface area contributed by atoms with Gasteiger partial charge in [-0.2, -0.15) is 0 Å². The van der Waals surface area contributed by atoms with Crippen LogP contribution in [0.4, 0.5) is 5.69 Å². The Labute approximate surface area is 213 Å². The first-order valence-electron chi connectivity index (χ1n) is 11.7. The molecule has 1 atom stereocenters. The average Bonchev–Trinajstić information content (AvgIpc) is 3.14. The number of ether oxygens (including phenoxy) is 3. The van der Waals surface area contributed by atoms with Crippen molar-refractivity contribution >= 4 is 29.4 Å². The molecule has 0 saturated heterocycles. The Hall–Kier alpha value is -4.50. The molecule has 1 heterocycles. The van der Waals surface area contributed by atoms with E-state index in [1.807, 2.05) is 30.3 Å². The molecule has 0 bridgehead atoms. The van der Waals surface area contributed by atoms with Crippen molar-refractivity contribution in [2.45, 2.75) is 19.4 Å². The molecule has 1 aliphatic heterocycles. The van der Waals surface area contributed by atoms with Gasteiger partial charge in [0.1, 0.15) is 11.5 Å². The van der Waals surface area contributed by atoms with Gasteiger partial charge >= 0.3 is 5.97 Å². The maximum atomic E-state index is 12.7. The second-order valence-electron chi connectivity index (χ2n) is 8.34. The SMILES string of the molecule is COCCCN1C(=O)c2ccc(C(=O)OC(C)C(=O)Nc3ccc(Oc4ccccc4)cc3)cc2C1=O. The van der Waals surface area contributed by atoms with Crippen molar-refractivity contribution in [1.29, 1.82) is 0 Å². The second kappa shape index (κ2) is 11.5. The number of hydrogen-bond acceptors (Lipinski definition) is 7. The lowest BCUT2D eigenvalue weighted by Gasteiger charge is -2.14. The smallest absolute Gasteiger partial charge is 0.338 e. The summed E-state index contributed by atoms with van der Waals surface area (Å²) in [6, 6.07) is 20.2. The molecule has 0 radical (unpaired) electrons. The van der Waals surface area contributed by atoms with Gasteiger partial charge in [0.2, 0.25) is 0 Å². The first kappa shape index (κ1) is 25.6. The first-order valence-corrected chi connectivity index (χ1v) is 11.7. The molecule has 3 aromatic carbocycles. The predicted octanol–water partition coefficient (Wildman–Crippen LogP) is 4.30. The molecule has 0 fully saturated rings. The number of amides is 3. The van der Waals surface area contributed by atoms with Gasteiger partial charge in [0.05, 0.1) is 16.7 Å². The average molecular weight is 503 g/mol. The van der Waals surface area contributed by atoms with Gasteiger partial charge in [-0.15, -0.1) is 0 Å². The van der Waals surface area contributed by atoms with Gasteiger partial charge in [0.15, 0.2) is 6.10 Å². The molecule has 1 unspecified atom stereocenters. The summed E-state index contributed by atoms with van der Waals surface area (Å²) in [6.07, 6.45) is -0.601. The molecule has 4 rings (SSSR count). The number of esters is 1. The van der Waals surface area contributed by atoms with E-state index >= 15 is 0 Å². The van der Waals surface area contributed by atoms with Crippen LogP contribution in [-0.2, 0) is 14.3 Å². The van der Waals surface area contributed by atoms with Crippen molar-refractivity contribution in [1.82, 2.24) is 4.90 Å². The number of methoxy groups -OCH3 is 1. The molecule has 190 valence electrons. The molecule has 0 spiro atoms. The molecule has 9 heteroatoms. The molecule has 1 N–H and O–H groups in total. The standard InChI is InChI=1S/C28H26N2O7/c1-18(25(31)29-20-10-12-22(13-11-20)37-21-7-4-3-5-8-21)36-28(34)19-9-14-23-24(17-19)27(33)30(26(23)32)15-6-16-35-2/h3-5,7-14,17-18H,6,15-16H2,1-2H3,(H,29,31). The minimum absolute atomic E-state index is 0.0701. The van der Waals surface area contributed by atoms with Crippen molar-refractivity contribution in [2.75, 3.05) is 25.6 Å². The number of para-hydroxylation sites is 1. The van der Waals surface area contributed by atoms with Gasteiger partial charge in [-0.3, -0.25) is 19.3 Å².